The Kier molecular flexibility index (Phi) is 3.72. The number of aliphatic carboxylic acids is 1. The van der Waals surface area contributed by atoms with Gasteiger partial charge >= 0.3 is 5.97 Å². The average Bonchev–Trinajstić information content (AvgIpc) is 2.47. The lowest BCUT2D eigenvalue weighted by Gasteiger charge is -2.17. The van der Waals surface area contributed by atoms with Gasteiger partial charge in [0.25, 0.3) is 0 Å². The molecule has 2 atom stereocenters. The topological polar surface area (TPSA) is 46.5 Å². The van der Waals surface area contributed by atoms with Crippen molar-refractivity contribution >= 4 is 5.97 Å². The molecule has 0 heterocycles. The summed E-state index contributed by atoms with van der Waals surface area (Å²) >= 11 is 0. The van der Waals surface area contributed by atoms with E-state index >= 15 is 0 Å². The summed E-state index contributed by atoms with van der Waals surface area (Å²) in [6, 6.07) is 0. The Balaban J connectivity index is 2.35. The highest BCUT2D eigenvalue weighted by atomic mass is 16.5. The average molecular weight is 186 g/mol. The van der Waals surface area contributed by atoms with Crippen LogP contribution in [0.4, 0.5) is 0 Å². The van der Waals surface area contributed by atoms with Crippen LogP contribution in [0.3, 0.4) is 0 Å². The first kappa shape index (κ1) is 10.5. The van der Waals surface area contributed by atoms with E-state index in [4.69, 9.17) is 9.84 Å². The first-order chi connectivity index (χ1) is 6.11. The molecule has 1 N–H and O–H groups in total. The normalized spacial score (nSPS) is 28.2. The fraction of sp³-hybridized carbons (Fsp3) is 0.900. The molecule has 0 amide bonds. The third kappa shape index (κ3) is 2.99. The van der Waals surface area contributed by atoms with Crippen LogP contribution < -0.4 is 0 Å². The Bertz CT molecular complexity index is 177. The number of carbonyl (C=O) groups is 1. The van der Waals surface area contributed by atoms with Gasteiger partial charge in [-0.3, -0.25) is 4.79 Å². The van der Waals surface area contributed by atoms with Gasteiger partial charge in [0.15, 0.2) is 0 Å². The van der Waals surface area contributed by atoms with Crippen molar-refractivity contribution in [1.29, 1.82) is 0 Å². The van der Waals surface area contributed by atoms with Gasteiger partial charge in [0.05, 0.1) is 18.6 Å². The van der Waals surface area contributed by atoms with Crippen molar-refractivity contribution in [3.63, 3.8) is 0 Å². The van der Waals surface area contributed by atoms with Crippen LogP contribution in [-0.2, 0) is 9.53 Å². The molecule has 0 spiro atoms. The Morgan fingerprint density at radius 1 is 1.54 bits per heavy atom. The van der Waals surface area contributed by atoms with E-state index in [0.29, 0.717) is 6.61 Å². The van der Waals surface area contributed by atoms with Gasteiger partial charge in [-0.1, -0.05) is 6.42 Å². The molecule has 0 radical (unpaired) electrons. The summed E-state index contributed by atoms with van der Waals surface area (Å²) < 4.78 is 5.44. The van der Waals surface area contributed by atoms with E-state index in [1.54, 1.807) is 0 Å². The number of hydrogen-bond donors (Lipinski definition) is 1. The van der Waals surface area contributed by atoms with E-state index in [2.05, 4.69) is 0 Å². The first-order valence-electron chi connectivity index (χ1n) is 4.95. The molecule has 0 aromatic heterocycles. The number of ether oxygens (including phenoxy) is 1. The van der Waals surface area contributed by atoms with Crippen molar-refractivity contribution in [2.24, 2.45) is 11.8 Å². The molecule has 0 saturated heterocycles. The SMILES string of the molecule is CC(C)OCC1CCCC1C(=O)O. The van der Waals surface area contributed by atoms with Crippen LogP contribution in [0.25, 0.3) is 0 Å². The second kappa shape index (κ2) is 4.61. The second-order valence-corrected chi connectivity index (χ2v) is 4.02. The molecule has 13 heavy (non-hydrogen) atoms. The second-order valence-electron chi connectivity index (χ2n) is 4.02. The van der Waals surface area contributed by atoms with Gasteiger partial charge in [0.1, 0.15) is 0 Å². The minimum atomic E-state index is -0.658. The zero-order chi connectivity index (χ0) is 9.84. The zero-order valence-electron chi connectivity index (χ0n) is 8.32. The van der Waals surface area contributed by atoms with Gasteiger partial charge in [-0.2, -0.15) is 0 Å². The molecular formula is C10H18O3. The standard InChI is InChI=1S/C10H18O3/c1-7(2)13-6-8-4-3-5-9(8)10(11)12/h7-9H,3-6H2,1-2H3,(H,11,12). The maximum absolute atomic E-state index is 10.8. The van der Waals surface area contributed by atoms with Gasteiger partial charge in [-0.25, -0.2) is 0 Å². The van der Waals surface area contributed by atoms with E-state index in [9.17, 15) is 4.79 Å². The van der Waals surface area contributed by atoms with E-state index in [0.717, 1.165) is 19.3 Å². The van der Waals surface area contributed by atoms with E-state index in [1.165, 1.54) is 0 Å². The Morgan fingerprint density at radius 2 is 2.23 bits per heavy atom. The number of rotatable bonds is 4. The highest BCUT2D eigenvalue weighted by Crippen LogP contribution is 2.32. The van der Waals surface area contributed by atoms with Crippen molar-refractivity contribution in [3.8, 4) is 0 Å². The zero-order valence-corrected chi connectivity index (χ0v) is 8.32. The summed E-state index contributed by atoms with van der Waals surface area (Å²) in [5.74, 6) is -0.589. The van der Waals surface area contributed by atoms with Gasteiger partial charge < -0.3 is 9.84 Å². The van der Waals surface area contributed by atoms with Gasteiger partial charge in [0, 0.05) is 0 Å². The Hall–Kier alpha value is -0.570. The first-order valence-corrected chi connectivity index (χ1v) is 4.95. The summed E-state index contributed by atoms with van der Waals surface area (Å²) in [6.45, 7) is 4.56. The Labute approximate surface area is 79.1 Å². The van der Waals surface area contributed by atoms with Crippen LogP contribution in [0.5, 0.6) is 0 Å². The molecule has 3 nitrogen and oxygen atoms in total. The quantitative estimate of drug-likeness (QED) is 0.729. The monoisotopic (exact) mass is 186 g/mol. The summed E-state index contributed by atoms with van der Waals surface area (Å²) in [7, 11) is 0. The van der Waals surface area contributed by atoms with Crippen LogP contribution >= 0.6 is 0 Å². The van der Waals surface area contributed by atoms with E-state index in [1.807, 2.05) is 13.8 Å². The van der Waals surface area contributed by atoms with Crippen molar-refractivity contribution < 1.29 is 14.6 Å². The molecule has 1 saturated carbocycles. The molecule has 1 fully saturated rings. The molecule has 1 aliphatic rings. The lowest BCUT2D eigenvalue weighted by Crippen LogP contribution is -2.23. The maximum Gasteiger partial charge on any atom is 0.306 e. The minimum Gasteiger partial charge on any atom is -0.481 e. The van der Waals surface area contributed by atoms with Crippen LogP contribution in [-0.4, -0.2) is 23.8 Å². The van der Waals surface area contributed by atoms with E-state index < -0.39 is 5.97 Å². The number of carboxylic acid groups (broad SMARTS) is 1. The van der Waals surface area contributed by atoms with Crippen LogP contribution in [0, 0.1) is 11.8 Å². The highest BCUT2D eigenvalue weighted by Gasteiger charge is 2.32. The molecule has 0 aliphatic heterocycles. The van der Waals surface area contributed by atoms with Crippen molar-refractivity contribution in [2.75, 3.05) is 6.61 Å². The van der Waals surface area contributed by atoms with Crippen LogP contribution in [0.2, 0.25) is 0 Å². The largest absolute Gasteiger partial charge is 0.481 e. The third-order valence-electron chi connectivity index (χ3n) is 2.62. The lowest BCUT2D eigenvalue weighted by atomic mass is 9.97. The Morgan fingerprint density at radius 3 is 2.77 bits per heavy atom. The minimum absolute atomic E-state index is 0.168. The third-order valence-corrected chi connectivity index (χ3v) is 2.62. The predicted octanol–water partition coefficient (Wildman–Crippen LogP) is 1.91. The molecule has 0 aromatic rings. The molecular weight excluding hydrogens is 168 g/mol. The summed E-state index contributed by atoms with van der Waals surface area (Å²) in [6.07, 6.45) is 3.06. The number of carboxylic acids is 1. The molecule has 2 unspecified atom stereocenters. The maximum atomic E-state index is 10.8. The van der Waals surface area contributed by atoms with E-state index in [-0.39, 0.29) is 17.9 Å². The lowest BCUT2D eigenvalue weighted by molar-refractivity contribution is -0.144. The van der Waals surface area contributed by atoms with Gasteiger partial charge in [-0.15, -0.1) is 0 Å². The fourth-order valence-corrected chi connectivity index (χ4v) is 1.88. The summed E-state index contributed by atoms with van der Waals surface area (Å²) in [5.41, 5.74) is 0. The molecule has 1 rings (SSSR count). The fourth-order valence-electron chi connectivity index (χ4n) is 1.88. The molecule has 1 aliphatic carbocycles. The van der Waals surface area contributed by atoms with Crippen LogP contribution in [0.1, 0.15) is 33.1 Å². The molecule has 76 valence electrons. The van der Waals surface area contributed by atoms with Crippen molar-refractivity contribution in [1.82, 2.24) is 0 Å². The summed E-state index contributed by atoms with van der Waals surface area (Å²) in [5, 5.41) is 8.89. The molecule has 0 aromatic carbocycles. The van der Waals surface area contributed by atoms with Crippen molar-refractivity contribution in [2.45, 2.75) is 39.2 Å². The van der Waals surface area contributed by atoms with Crippen molar-refractivity contribution in [3.05, 3.63) is 0 Å². The number of hydrogen-bond acceptors (Lipinski definition) is 2. The van der Waals surface area contributed by atoms with Gasteiger partial charge in [-0.05, 0) is 32.6 Å². The highest BCUT2D eigenvalue weighted by molar-refractivity contribution is 5.70. The smallest absolute Gasteiger partial charge is 0.306 e. The van der Waals surface area contributed by atoms with Crippen LogP contribution in [0.15, 0.2) is 0 Å². The van der Waals surface area contributed by atoms with Gasteiger partial charge in [0.2, 0.25) is 0 Å². The summed E-state index contributed by atoms with van der Waals surface area (Å²) in [4.78, 5) is 10.8. The molecule has 3 heteroatoms. The molecule has 0 bridgehead atoms. The predicted molar refractivity (Wildman–Crippen MR) is 49.6 cm³/mol.